The molecule has 21 heavy (non-hydrogen) atoms. The van der Waals surface area contributed by atoms with Gasteiger partial charge in [0.15, 0.2) is 0 Å². The smallest absolute Gasteiger partial charge is 0.323 e. The summed E-state index contributed by atoms with van der Waals surface area (Å²) < 4.78 is 0. The minimum Gasteiger partial charge on any atom is -0.480 e. The summed E-state index contributed by atoms with van der Waals surface area (Å²) in [6, 6.07) is 7.26. The first-order valence-electron chi connectivity index (χ1n) is 6.77. The number of nitrogens with one attached hydrogen (secondary N) is 1. The molecule has 0 radical (unpaired) electrons. The third-order valence-electron chi connectivity index (χ3n) is 3.46. The van der Waals surface area contributed by atoms with Crippen LogP contribution >= 0.6 is 11.6 Å². The van der Waals surface area contributed by atoms with Crippen LogP contribution in [0.1, 0.15) is 26.3 Å². The summed E-state index contributed by atoms with van der Waals surface area (Å²) in [5, 5.41) is 12.6. The highest BCUT2D eigenvalue weighted by atomic mass is 35.5. The third kappa shape index (κ3) is 4.72. The Kier molecular flexibility index (Phi) is 6.18. The van der Waals surface area contributed by atoms with Crippen molar-refractivity contribution in [2.75, 3.05) is 13.1 Å². The van der Waals surface area contributed by atoms with Gasteiger partial charge < -0.3 is 10.4 Å². The average molecular weight is 313 g/mol. The Morgan fingerprint density at radius 3 is 2.48 bits per heavy atom. The number of hydrogen-bond acceptors (Lipinski definition) is 3. The molecule has 5 nitrogen and oxygen atoms in total. The van der Waals surface area contributed by atoms with Crippen LogP contribution in [-0.2, 0) is 16.1 Å². The molecule has 0 fully saturated rings. The van der Waals surface area contributed by atoms with Crippen LogP contribution in [-0.4, -0.2) is 40.5 Å². The number of halogens is 1. The fourth-order valence-electron chi connectivity index (χ4n) is 1.90. The van der Waals surface area contributed by atoms with Gasteiger partial charge >= 0.3 is 5.97 Å². The van der Waals surface area contributed by atoms with Gasteiger partial charge in [-0.15, -0.1) is 0 Å². The number of carbonyl (C=O) groups excluding carboxylic acids is 1. The molecular formula is C15H21ClN2O3. The van der Waals surface area contributed by atoms with Crippen molar-refractivity contribution in [1.82, 2.24) is 10.2 Å². The molecule has 0 saturated carbocycles. The average Bonchev–Trinajstić information content (AvgIpc) is 2.43. The largest absolute Gasteiger partial charge is 0.480 e. The minimum atomic E-state index is -1.09. The van der Waals surface area contributed by atoms with Gasteiger partial charge in [-0.05, 0) is 32.0 Å². The first kappa shape index (κ1) is 17.5. The minimum absolute atomic E-state index is 0.0280. The molecule has 0 aliphatic rings. The normalized spacial score (nSPS) is 11.5. The third-order valence-corrected chi connectivity index (χ3v) is 3.83. The summed E-state index contributed by atoms with van der Waals surface area (Å²) in [6.07, 6.45) is 0. The van der Waals surface area contributed by atoms with Gasteiger partial charge in [0, 0.05) is 11.6 Å². The van der Waals surface area contributed by atoms with E-state index in [1.54, 1.807) is 24.8 Å². The lowest BCUT2D eigenvalue weighted by molar-refractivity contribution is -0.150. The lowest BCUT2D eigenvalue weighted by Gasteiger charge is -2.33. The molecule has 6 heteroatoms. The molecule has 0 unspecified atom stereocenters. The summed E-state index contributed by atoms with van der Waals surface area (Å²) in [5.41, 5.74) is -0.260. The van der Waals surface area contributed by atoms with Crippen LogP contribution in [0.4, 0.5) is 0 Å². The zero-order valence-electron chi connectivity index (χ0n) is 12.5. The molecule has 1 aromatic rings. The molecule has 0 heterocycles. The van der Waals surface area contributed by atoms with E-state index in [-0.39, 0.29) is 12.5 Å². The Labute approximate surface area is 129 Å². The molecule has 0 bridgehead atoms. The van der Waals surface area contributed by atoms with E-state index in [0.29, 0.717) is 18.1 Å². The van der Waals surface area contributed by atoms with Crippen molar-refractivity contribution >= 4 is 23.5 Å². The van der Waals surface area contributed by atoms with Crippen LogP contribution in [0, 0.1) is 0 Å². The van der Waals surface area contributed by atoms with E-state index < -0.39 is 11.5 Å². The molecule has 0 aliphatic heterocycles. The number of carbonyl (C=O) groups is 2. The highest BCUT2D eigenvalue weighted by molar-refractivity contribution is 6.31. The molecule has 0 aliphatic carbocycles. The van der Waals surface area contributed by atoms with Crippen LogP contribution in [0.25, 0.3) is 0 Å². The first-order valence-corrected chi connectivity index (χ1v) is 7.15. The zero-order chi connectivity index (χ0) is 16.0. The van der Waals surface area contributed by atoms with Gasteiger partial charge in [0.05, 0.1) is 6.54 Å². The molecule has 0 saturated heterocycles. The number of benzene rings is 1. The molecule has 1 aromatic carbocycles. The van der Waals surface area contributed by atoms with E-state index in [4.69, 9.17) is 11.6 Å². The van der Waals surface area contributed by atoms with Crippen molar-refractivity contribution in [3.63, 3.8) is 0 Å². The summed E-state index contributed by atoms with van der Waals surface area (Å²) in [6.45, 7) is 5.81. The summed E-state index contributed by atoms with van der Waals surface area (Å²) in [4.78, 5) is 24.8. The number of hydrogen-bond donors (Lipinski definition) is 2. The van der Waals surface area contributed by atoms with Gasteiger partial charge in [-0.1, -0.05) is 36.7 Å². The predicted molar refractivity (Wildman–Crippen MR) is 82.3 cm³/mol. The standard InChI is InChI=1S/C15H21ClN2O3/c1-4-18(15(2,3)14(20)21)10-13(19)17-9-11-7-5-6-8-12(11)16/h5-8H,4,9-10H2,1-3H3,(H,17,19)(H,20,21). The van der Waals surface area contributed by atoms with Crippen LogP contribution in [0.5, 0.6) is 0 Å². The molecule has 0 spiro atoms. The van der Waals surface area contributed by atoms with E-state index in [2.05, 4.69) is 5.32 Å². The van der Waals surface area contributed by atoms with Crippen LogP contribution < -0.4 is 5.32 Å². The van der Waals surface area contributed by atoms with Crippen molar-refractivity contribution in [2.45, 2.75) is 32.9 Å². The molecule has 0 atom stereocenters. The number of carboxylic acids is 1. The maximum atomic E-state index is 12.0. The van der Waals surface area contributed by atoms with E-state index in [9.17, 15) is 14.7 Å². The molecule has 1 rings (SSSR count). The van der Waals surface area contributed by atoms with E-state index in [1.807, 2.05) is 25.1 Å². The highest BCUT2D eigenvalue weighted by Crippen LogP contribution is 2.15. The second-order valence-corrected chi connectivity index (χ2v) is 5.65. The Morgan fingerprint density at radius 1 is 1.33 bits per heavy atom. The summed E-state index contributed by atoms with van der Waals surface area (Å²) in [7, 11) is 0. The van der Waals surface area contributed by atoms with Gasteiger partial charge in [-0.3, -0.25) is 14.5 Å². The number of carboxylic acid groups (broad SMARTS) is 1. The van der Waals surface area contributed by atoms with Gasteiger partial charge in [-0.2, -0.15) is 0 Å². The Hall–Kier alpha value is -1.59. The van der Waals surface area contributed by atoms with Gasteiger partial charge in [-0.25, -0.2) is 0 Å². The molecule has 2 N–H and O–H groups in total. The fraction of sp³-hybridized carbons (Fsp3) is 0.467. The summed E-state index contributed by atoms with van der Waals surface area (Å²) >= 11 is 6.02. The molecule has 116 valence electrons. The topological polar surface area (TPSA) is 69.6 Å². The van der Waals surface area contributed by atoms with Crippen LogP contribution in [0.3, 0.4) is 0 Å². The SMILES string of the molecule is CCN(CC(=O)NCc1ccccc1Cl)C(C)(C)C(=O)O. The van der Waals surface area contributed by atoms with Crippen LogP contribution in [0.15, 0.2) is 24.3 Å². The van der Waals surface area contributed by atoms with Crippen molar-refractivity contribution in [2.24, 2.45) is 0 Å². The van der Waals surface area contributed by atoms with Crippen molar-refractivity contribution in [1.29, 1.82) is 0 Å². The lowest BCUT2D eigenvalue weighted by Crippen LogP contribution is -2.53. The van der Waals surface area contributed by atoms with Crippen molar-refractivity contribution < 1.29 is 14.7 Å². The maximum absolute atomic E-state index is 12.0. The number of nitrogens with zero attached hydrogens (tertiary/aromatic N) is 1. The van der Waals surface area contributed by atoms with Gasteiger partial charge in [0.1, 0.15) is 5.54 Å². The fourth-order valence-corrected chi connectivity index (χ4v) is 2.11. The number of rotatable bonds is 7. The highest BCUT2D eigenvalue weighted by Gasteiger charge is 2.34. The number of aliphatic carboxylic acids is 1. The van der Waals surface area contributed by atoms with E-state index >= 15 is 0 Å². The second-order valence-electron chi connectivity index (χ2n) is 5.25. The summed E-state index contributed by atoms with van der Waals surface area (Å²) in [5.74, 6) is -1.19. The van der Waals surface area contributed by atoms with Crippen molar-refractivity contribution in [3.8, 4) is 0 Å². The van der Waals surface area contributed by atoms with E-state index in [1.165, 1.54) is 0 Å². The predicted octanol–water partition coefficient (Wildman–Crippen LogP) is 2.14. The van der Waals surface area contributed by atoms with Gasteiger partial charge in [0.2, 0.25) is 5.91 Å². The molecule has 1 amide bonds. The van der Waals surface area contributed by atoms with Gasteiger partial charge in [0.25, 0.3) is 0 Å². The monoisotopic (exact) mass is 312 g/mol. The Balaban J connectivity index is 2.60. The Morgan fingerprint density at radius 2 is 1.95 bits per heavy atom. The zero-order valence-corrected chi connectivity index (χ0v) is 13.3. The first-order chi connectivity index (χ1) is 9.78. The number of amides is 1. The lowest BCUT2D eigenvalue weighted by atomic mass is 10.0. The molecular weight excluding hydrogens is 292 g/mol. The van der Waals surface area contributed by atoms with E-state index in [0.717, 1.165) is 5.56 Å². The maximum Gasteiger partial charge on any atom is 0.323 e. The molecule has 0 aromatic heterocycles. The Bertz CT molecular complexity index is 517. The van der Waals surface area contributed by atoms with Crippen molar-refractivity contribution in [3.05, 3.63) is 34.9 Å². The second kappa shape index (κ2) is 7.43. The quantitative estimate of drug-likeness (QED) is 0.809. The number of likely N-dealkylation sites (N-methyl/N-ethyl adjacent to an activating group) is 1. The van der Waals surface area contributed by atoms with Crippen LogP contribution in [0.2, 0.25) is 5.02 Å².